The zero-order valence-electron chi connectivity index (χ0n) is 12.5. The van der Waals surface area contributed by atoms with Crippen molar-refractivity contribution in [3.05, 3.63) is 59.9 Å². The molecule has 1 aromatic carbocycles. The third-order valence-electron chi connectivity index (χ3n) is 3.33. The van der Waals surface area contributed by atoms with Crippen molar-refractivity contribution in [3.8, 4) is 0 Å². The summed E-state index contributed by atoms with van der Waals surface area (Å²) in [6, 6.07) is 11.5. The number of carbonyl (C=O) groups excluding carboxylic acids is 1. The van der Waals surface area contributed by atoms with Gasteiger partial charge in [0.2, 0.25) is 5.91 Å². The van der Waals surface area contributed by atoms with Crippen LogP contribution in [-0.4, -0.2) is 23.5 Å². The van der Waals surface area contributed by atoms with Crippen LogP contribution in [0, 0.1) is 6.92 Å². The maximum Gasteiger partial charge on any atom is 0.241 e. The maximum absolute atomic E-state index is 12.1. The molecule has 110 valence electrons. The number of carbonyl (C=O) groups is 1. The van der Waals surface area contributed by atoms with Gasteiger partial charge in [0, 0.05) is 18.1 Å². The summed E-state index contributed by atoms with van der Waals surface area (Å²) >= 11 is 0. The van der Waals surface area contributed by atoms with E-state index >= 15 is 0 Å². The molecule has 0 aliphatic carbocycles. The van der Waals surface area contributed by atoms with Crippen LogP contribution < -0.4 is 10.6 Å². The van der Waals surface area contributed by atoms with Crippen LogP contribution in [0.4, 0.5) is 5.69 Å². The molecule has 2 aromatic rings. The fraction of sp³-hybridized carbons (Fsp3) is 0.294. The summed E-state index contributed by atoms with van der Waals surface area (Å²) in [5.41, 5.74) is 3.22. The smallest absolute Gasteiger partial charge is 0.241 e. The van der Waals surface area contributed by atoms with E-state index in [-0.39, 0.29) is 11.9 Å². The summed E-state index contributed by atoms with van der Waals surface area (Å²) in [6.07, 6.45) is 4.44. The minimum Gasteiger partial charge on any atom is -0.325 e. The zero-order valence-corrected chi connectivity index (χ0v) is 12.5. The number of amides is 1. The highest BCUT2D eigenvalue weighted by Gasteiger charge is 2.11. The zero-order chi connectivity index (χ0) is 15.1. The van der Waals surface area contributed by atoms with Crippen LogP contribution in [0.1, 0.15) is 18.1 Å². The predicted molar refractivity (Wildman–Crippen MR) is 85.2 cm³/mol. The second kappa shape index (κ2) is 7.55. The average molecular weight is 283 g/mol. The van der Waals surface area contributed by atoms with Crippen LogP contribution in [0.2, 0.25) is 0 Å². The number of pyridine rings is 1. The first-order valence-electron chi connectivity index (χ1n) is 7.15. The van der Waals surface area contributed by atoms with Gasteiger partial charge in [0.25, 0.3) is 0 Å². The molecular weight excluding hydrogens is 262 g/mol. The van der Waals surface area contributed by atoms with Crippen LogP contribution in [0.5, 0.6) is 0 Å². The minimum atomic E-state index is -0.229. The topological polar surface area (TPSA) is 54.0 Å². The van der Waals surface area contributed by atoms with Gasteiger partial charge in [-0.15, -0.1) is 0 Å². The first-order valence-corrected chi connectivity index (χ1v) is 7.15. The van der Waals surface area contributed by atoms with Crippen LogP contribution >= 0.6 is 0 Å². The van der Waals surface area contributed by atoms with Crippen molar-refractivity contribution >= 4 is 11.6 Å². The van der Waals surface area contributed by atoms with E-state index in [9.17, 15) is 4.79 Å². The van der Waals surface area contributed by atoms with E-state index in [0.717, 1.165) is 18.7 Å². The molecule has 1 atom stereocenters. The Morgan fingerprint density at radius 3 is 2.48 bits per heavy atom. The molecule has 0 fully saturated rings. The SMILES string of the molecule is Cc1ccc(NC(=O)C(C)NCCc2ccncc2)cc1. The number of rotatable bonds is 6. The summed E-state index contributed by atoms with van der Waals surface area (Å²) in [5, 5.41) is 6.14. The Kier molecular flexibility index (Phi) is 5.46. The second-order valence-corrected chi connectivity index (χ2v) is 5.14. The lowest BCUT2D eigenvalue weighted by Gasteiger charge is -2.14. The Morgan fingerprint density at radius 2 is 1.81 bits per heavy atom. The Hall–Kier alpha value is -2.20. The van der Waals surface area contributed by atoms with Gasteiger partial charge in [0.05, 0.1) is 6.04 Å². The van der Waals surface area contributed by atoms with Gasteiger partial charge in [0.1, 0.15) is 0 Å². The number of benzene rings is 1. The van der Waals surface area contributed by atoms with Crippen molar-refractivity contribution in [2.45, 2.75) is 26.3 Å². The van der Waals surface area contributed by atoms with Crippen molar-refractivity contribution in [1.82, 2.24) is 10.3 Å². The largest absolute Gasteiger partial charge is 0.325 e. The molecule has 1 aromatic heterocycles. The number of nitrogens with one attached hydrogen (secondary N) is 2. The quantitative estimate of drug-likeness (QED) is 0.856. The highest BCUT2D eigenvalue weighted by atomic mass is 16.2. The lowest BCUT2D eigenvalue weighted by atomic mass is 10.2. The van der Waals surface area contributed by atoms with E-state index < -0.39 is 0 Å². The molecule has 0 saturated heterocycles. The Labute approximate surface area is 125 Å². The molecule has 1 unspecified atom stereocenters. The van der Waals surface area contributed by atoms with Crippen LogP contribution in [-0.2, 0) is 11.2 Å². The van der Waals surface area contributed by atoms with Crippen molar-refractivity contribution in [2.75, 3.05) is 11.9 Å². The van der Waals surface area contributed by atoms with E-state index in [1.54, 1.807) is 12.4 Å². The Morgan fingerprint density at radius 1 is 1.14 bits per heavy atom. The van der Waals surface area contributed by atoms with Crippen LogP contribution in [0.3, 0.4) is 0 Å². The molecule has 4 nitrogen and oxygen atoms in total. The van der Waals surface area contributed by atoms with Crippen molar-refractivity contribution in [3.63, 3.8) is 0 Å². The molecule has 2 N–H and O–H groups in total. The standard InChI is InChI=1S/C17H21N3O/c1-13-3-5-16(6-4-13)20-17(21)14(2)19-12-9-15-7-10-18-11-8-15/h3-8,10-11,14,19H,9,12H2,1-2H3,(H,20,21). The molecule has 0 aliphatic heterocycles. The van der Waals surface area contributed by atoms with Crippen molar-refractivity contribution < 1.29 is 4.79 Å². The monoisotopic (exact) mass is 283 g/mol. The molecule has 0 radical (unpaired) electrons. The number of hydrogen-bond acceptors (Lipinski definition) is 3. The Bertz CT molecular complexity index is 566. The highest BCUT2D eigenvalue weighted by molar-refractivity contribution is 5.94. The summed E-state index contributed by atoms with van der Waals surface area (Å²) in [6.45, 7) is 4.65. The summed E-state index contributed by atoms with van der Waals surface area (Å²) in [4.78, 5) is 16.0. The van der Waals surface area contributed by atoms with Gasteiger partial charge in [-0.05, 0) is 56.6 Å². The van der Waals surface area contributed by atoms with Gasteiger partial charge in [-0.3, -0.25) is 9.78 Å². The van der Waals surface area contributed by atoms with Gasteiger partial charge in [-0.1, -0.05) is 17.7 Å². The average Bonchev–Trinajstić information content (AvgIpc) is 2.50. The van der Waals surface area contributed by atoms with E-state index in [0.29, 0.717) is 0 Å². The molecular formula is C17H21N3O. The van der Waals surface area contributed by atoms with Crippen molar-refractivity contribution in [2.24, 2.45) is 0 Å². The molecule has 4 heteroatoms. The van der Waals surface area contributed by atoms with Gasteiger partial charge in [-0.25, -0.2) is 0 Å². The molecule has 0 saturated carbocycles. The van der Waals surface area contributed by atoms with E-state index in [2.05, 4.69) is 15.6 Å². The fourth-order valence-corrected chi connectivity index (χ4v) is 1.96. The molecule has 2 rings (SSSR count). The summed E-state index contributed by atoms with van der Waals surface area (Å²) < 4.78 is 0. The van der Waals surface area contributed by atoms with Gasteiger partial charge in [0.15, 0.2) is 0 Å². The third-order valence-corrected chi connectivity index (χ3v) is 3.33. The van der Waals surface area contributed by atoms with Crippen molar-refractivity contribution in [1.29, 1.82) is 0 Å². The molecule has 0 spiro atoms. The number of anilines is 1. The summed E-state index contributed by atoms with van der Waals surface area (Å²) in [7, 11) is 0. The summed E-state index contributed by atoms with van der Waals surface area (Å²) in [5.74, 6) is -0.0198. The molecule has 1 heterocycles. The molecule has 0 bridgehead atoms. The molecule has 0 aliphatic rings. The maximum atomic E-state index is 12.1. The number of hydrogen-bond donors (Lipinski definition) is 2. The Balaban J connectivity index is 1.76. The molecule has 21 heavy (non-hydrogen) atoms. The van der Waals surface area contributed by atoms with Gasteiger partial charge in [-0.2, -0.15) is 0 Å². The number of aromatic nitrogens is 1. The van der Waals surface area contributed by atoms with Crippen LogP contribution in [0.15, 0.2) is 48.8 Å². The van der Waals surface area contributed by atoms with E-state index in [1.807, 2.05) is 50.2 Å². The van der Waals surface area contributed by atoms with Crippen LogP contribution in [0.25, 0.3) is 0 Å². The fourth-order valence-electron chi connectivity index (χ4n) is 1.96. The van der Waals surface area contributed by atoms with E-state index in [4.69, 9.17) is 0 Å². The highest BCUT2D eigenvalue weighted by Crippen LogP contribution is 2.08. The normalized spacial score (nSPS) is 11.9. The van der Waals surface area contributed by atoms with Gasteiger partial charge < -0.3 is 10.6 Å². The molecule has 1 amide bonds. The lowest BCUT2D eigenvalue weighted by Crippen LogP contribution is -2.39. The number of aryl methyl sites for hydroxylation is 1. The first kappa shape index (κ1) is 15.2. The minimum absolute atomic E-state index is 0.0198. The predicted octanol–water partition coefficient (Wildman–Crippen LogP) is 2.55. The first-order chi connectivity index (χ1) is 10.1. The van der Waals surface area contributed by atoms with Gasteiger partial charge >= 0.3 is 0 Å². The number of nitrogens with zero attached hydrogens (tertiary/aromatic N) is 1. The second-order valence-electron chi connectivity index (χ2n) is 5.14. The van der Waals surface area contributed by atoms with E-state index in [1.165, 1.54) is 11.1 Å². The third kappa shape index (κ3) is 5.00. The lowest BCUT2D eigenvalue weighted by molar-refractivity contribution is -0.117.